The summed E-state index contributed by atoms with van der Waals surface area (Å²) in [6, 6.07) is 5.57. The zero-order valence-electron chi connectivity index (χ0n) is 12.6. The molecule has 2 N–H and O–H groups in total. The minimum absolute atomic E-state index is 0.136. The Morgan fingerprint density at radius 2 is 2.10 bits per heavy atom. The summed E-state index contributed by atoms with van der Waals surface area (Å²) >= 11 is 0. The van der Waals surface area contributed by atoms with Crippen LogP contribution in [0.25, 0.3) is 0 Å². The standard InChI is InChI=1S/C16H25FN2O/c1-11(2)18-9-14-15(17)5-4-6-16(14)19(3)10-12-7-13(20)8-12/h4-6,11-13,18,20H,7-10H2,1-3H3. The average molecular weight is 280 g/mol. The fraction of sp³-hybridized carbons (Fsp3) is 0.625. The Morgan fingerprint density at radius 3 is 2.70 bits per heavy atom. The minimum Gasteiger partial charge on any atom is -0.393 e. The summed E-state index contributed by atoms with van der Waals surface area (Å²) in [6.45, 7) is 5.52. The maximum Gasteiger partial charge on any atom is 0.129 e. The summed E-state index contributed by atoms with van der Waals surface area (Å²) < 4.78 is 14.0. The maximum absolute atomic E-state index is 14.0. The molecule has 0 radical (unpaired) electrons. The number of nitrogens with one attached hydrogen (secondary N) is 1. The Balaban J connectivity index is 2.06. The predicted octanol–water partition coefficient (Wildman–Crippen LogP) is 2.53. The number of hydrogen-bond donors (Lipinski definition) is 2. The van der Waals surface area contributed by atoms with Gasteiger partial charge in [0.2, 0.25) is 0 Å². The number of anilines is 1. The Morgan fingerprint density at radius 1 is 1.40 bits per heavy atom. The number of aliphatic hydroxyl groups is 1. The van der Waals surface area contributed by atoms with Crippen molar-refractivity contribution in [2.24, 2.45) is 5.92 Å². The lowest BCUT2D eigenvalue weighted by Crippen LogP contribution is -2.37. The van der Waals surface area contributed by atoms with Crippen LogP contribution in [0.15, 0.2) is 18.2 Å². The molecule has 0 unspecified atom stereocenters. The van der Waals surface area contributed by atoms with E-state index in [1.807, 2.05) is 13.1 Å². The first kappa shape index (κ1) is 15.3. The highest BCUT2D eigenvalue weighted by Gasteiger charge is 2.28. The molecule has 0 aliphatic heterocycles. The second-order valence-corrected chi connectivity index (χ2v) is 6.14. The molecule has 0 spiro atoms. The van der Waals surface area contributed by atoms with Gasteiger partial charge in [0, 0.05) is 37.4 Å². The summed E-state index contributed by atoms with van der Waals surface area (Å²) in [6.07, 6.45) is 1.58. The summed E-state index contributed by atoms with van der Waals surface area (Å²) in [4.78, 5) is 2.11. The van der Waals surface area contributed by atoms with Crippen LogP contribution in [0.3, 0.4) is 0 Å². The van der Waals surface area contributed by atoms with Gasteiger partial charge in [0.1, 0.15) is 5.82 Å². The van der Waals surface area contributed by atoms with Crippen LogP contribution < -0.4 is 10.2 Å². The lowest BCUT2D eigenvalue weighted by Gasteiger charge is -2.36. The van der Waals surface area contributed by atoms with E-state index < -0.39 is 0 Å². The third kappa shape index (κ3) is 3.70. The SMILES string of the molecule is CC(C)NCc1c(F)cccc1N(C)CC1CC(O)C1. The van der Waals surface area contributed by atoms with E-state index in [0.717, 1.165) is 30.6 Å². The molecule has 1 aliphatic carbocycles. The van der Waals surface area contributed by atoms with Crippen molar-refractivity contribution in [3.8, 4) is 0 Å². The van der Waals surface area contributed by atoms with E-state index in [1.54, 1.807) is 6.07 Å². The molecule has 1 aliphatic rings. The highest BCUT2D eigenvalue weighted by atomic mass is 19.1. The first-order valence-corrected chi connectivity index (χ1v) is 7.37. The van der Waals surface area contributed by atoms with Crippen molar-refractivity contribution in [1.29, 1.82) is 0 Å². The molecule has 1 fully saturated rings. The average Bonchev–Trinajstić information content (AvgIpc) is 2.34. The summed E-state index contributed by atoms with van der Waals surface area (Å²) in [7, 11) is 2.00. The van der Waals surface area contributed by atoms with E-state index >= 15 is 0 Å². The van der Waals surface area contributed by atoms with E-state index in [9.17, 15) is 9.50 Å². The zero-order valence-corrected chi connectivity index (χ0v) is 12.6. The Hall–Kier alpha value is -1.13. The molecular weight excluding hydrogens is 255 g/mol. The first-order valence-electron chi connectivity index (χ1n) is 7.37. The molecule has 0 aromatic heterocycles. The third-order valence-electron chi connectivity index (χ3n) is 3.94. The Labute approximate surface area is 120 Å². The summed E-state index contributed by atoms with van der Waals surface area (Å²) in [5.74, 6) is 0.361. The first-order chi connectivity index (χ1) is 9.47. The lowest BCUT2D eigenvalue weighted by atomic mass is 9.82. The van der Waals surface area contributed by atoms with Crippen LogP contribution in [-0.2, 0) is 6.54 Å². The van der Waals surface area contributed by atoms with Gasteiger partial charge < -0.3 is 15.3 Å². The van der Waals surface area contributed by atoms with Crippen molar-refractivity contribution >= 4 is 5.69 Å². The quantitative estimate of drug-likeness (QED) is 0.840. The van der Waals surface area contributed by atoms with Gasteiger partial charge in [0.25, 0.3) is 0 Å². The van der Waals surface area contributed by atoms with E-state index in [0.29, 0.717) is 18.5 Å². The van der Waals surface area contributed by atoms with Gasteiger partial charge in [0.05, 0.1) is 6.10 Å². The summed E-state index contributed by atoms with van der Waals surface area (Å²) in [5, 5.41) is 12.6. The van der Waals surface area contributed by atoms with Crippen molar-refractivity contribution < 1.29 is 9.50 Å². The van der Waals surface area contributed by atoms with E-state index in [-0.39, 0.29) is 11.9 Å². The highest BCUT2D eigenvalue weighted by molar-refractivity contribution is 5.53. The molecule has 1 aromatic carbocycles. The normalized spacial score (nSPS) is 21.9. The lowest BCUT2D eigenvalue weighted by molar-refractivity contribution is 0.0464. The van der Waals surface area contributed by atoms with Gasteiger partial charge in [-0.1, -0.05) is 19.9 Å². The van der Waals surface area contributed by atoms with Gasteiger partial charge in [-0.25, -0.2) is 4.39 Å². The molecule has 4 heteroatoms. The molecule has 0 atom stereocenters. The van der Waals surface area contributed by atoms with Crippen LogP contribution in [0.4, 0.5) is 10.1 Å². The predicted molar refractivity (Wildman–Crippen MR) is 80.4 cm³/mol. The van der Waals surface area contributed by atoms with Crippen molar-refractivity contribution in [2.45, 2.75) is 45.4 Å². The molecule has 0 amide bonds. The van der Waals surface area contributed by atoms with Crippen LogP contribution in [0.1, 0.15) is 32.3 Å². The van der Waals surface area contributed by atoms with Gasteiger partial charge in [-0.15, -0.1) is 0 Å². The molecule has 1 aromatic rings. The summed E-state index contributed by atoms with van der Waals surface area (Å²) in [5.41, 5.74) is 1.67. The minimum atomic E-state index is -0.156. The van der Waals surface area contributed by atoms with Gasteiger partial charge >= 0.3 is 0 Å². The number of benzene rings is 1. The van der Waals surface area contributed by atoms with E-state index in [1.165, 1.54) is 6.07 Å². The smallest absolute Gasteiger partial charge is 0.129 e. The second-order valence-electron chi connectivity index (χ2n) is 6.14. The van der Waals surface area contributed by atoms with Gasteiger partial charge in [-0.2, -0.15) is 0 Å². The van der Waals surface area contributed by atoms with Crippen LogP contribution in [0, 0.1) is 11.7 Å². The second kappa shape index (κ2) is 6.55. The monoisotopic (exact) mass is 280 g/mol. The molecule has 112 valence electrons. The number of rotatable bonds is 6. The molecule has 1 saturated carbocycles. The van der Waals surface area contributed by atoms with Crippen molar-refractivity contribution in [3.05, 3.63) is 29.6 Å². The molecule has 0 heterocycles. The molecule has 2 rings (SSSR count). The van der Waals surface area contributed by atoms with Crippen LogP contribution in [0.2, 0.25) is 0 Å². The number of nitrogens with zero attached hydrogens (tertiary/aromatic N) is 1. The Bertz CT molecular complexity index is 444. The fourth-order valence-electron chi connectivity index (χ4n) is 2.72. The van der Waals surface area contributed by atoms with Gasteiger partial charge in [-0.05, 0) is 30.9 Å². The van der Waals surface area contributed by atoms with Crippen LogP contribution in [0.5, 0.6) is 0 Å². The number of halogens is 1. The molecule has 3 nitrogen and oxygen atoms in total. The highest BCUT2D eigenvalue weighted by Crippen LogP contribution is 2.30. The van der Waals surface area contributed by atoms with E-state index in [4.69, 9.17) is 0 Å². The largest absolute Gasteiger partial charge is 0.393 e. The maximum atomic E-state index is 14.0. The molecule has 0 bridgehead atoms. The van der Waals surface area contributed by atoms with Crippen LogP contribution in [-0.4, -0.2) is 30.8 Å². The fourth-order valence-corrected chi connectivity index (χ4v) is 2.72. The van der Waals surface area contributed by atoms with Crippen molar-refractivity contribution in [3.63, 3.8) is 0 Å². The zero-order chi connectivity index (χ0) is 14.7. The van der Waals surface area contributed by atoms with Gasteiger partial charge in [0.15, 0.2) is 0 Å². The number of hydrogen-bond acceptors (Lipinski definition) is 3. The number of aliphatic hydroxyl groups excluding tert-OH is 1. The van der Waals surface area contributed by atoms with Crippen LogP contribution >= 0.6 is 0 Å². The van der Waals surface area contributed by atoms with Crippen molar-refractivity contribution in [1.82, 2.24) is 5.32 Å². The topological polar surface area (TPSA) is 35.5 Å². The van der Waals surface area contributed by atoms with E-state index in [2.05, 4.69) is 24.1 Å². The molecule has 0 saturated heterocycles. The van der Waals surface area contributed by atoms with Crippen molar-refractivity contribution in [2.75, 3.05) is 18.5 Å². The molecule has 20 heavy (non-hydrogen) atoms. The molecular formula is C16H25FN2O. The Kier molecular flexibility index (Phi) is 5.00. The third-order valence-corrected chi connectivity index (χ3v) is 3.94. The van der Waals surface area contributed by atoms with Gasteiger partial charge in [-0.3, -0.25) is 0 Å².